The molecule has 3 saturated heterocycles. The van der Waals surface area contributed by atoms with Gasteiger partial charge in [-0.2, -0.15) is 0 Å². The highest BCUT2D eigenvalue weighted by Crippen LogP contribution is 2.73. The van der Waals surface area contributed by atoms with Crippen LogP contribution in [0.4, 0.5) is 0 Å². The van der Waals surface area contributed by atoms with E-state index in [1.165, 1.54) is 6.92 Å². The summed E-state index contributed by atoms with van der Waals surface area (Å²) in [5, 5.41) is 104. The van der Waals surface area contributed by atoms with Crippen molar-refractivity contribution in [1.29, 1.82) is 0 Å². The van der Waals surface area contributed by atoms with E-state index in [2.05, 4.69) is 13.5 Å². The molecule has 0 aromatic heterocycles. The molecule has 314 valence electrons. The normalized spacial score (nSPS) is 55.4. The number of carbonyl (C=O) groups is 1. The predicted octanol–water partition coefficient (Wildman–Crippen LogP) is -1.91. The van der Waals surface area contributed by atoms with Gasteiger partial charge in [-0.15, -0.1) is 0 Å². The number of aliphatic hydroxyl groups is 10. The number of fused-ring (bicyclic) bond motifs is 3. The molecule has 55 heavy (non-hydrogen) atoms. The van der Waals surface area contributed by atoms with Gasteiger partial charge in [0.25, 0.3) is 0 Å². The molecule has 0 aromatic carbocycles. The summed E-state index contributed by atoms with van der Waals surface area (Å²) in [6.45, 7) is 8.81. The van der Waals surface area contributed by atoms with Crippen molar-refractivity contribution in [2.75, 3.05) is 13.2 Å². The fraction of sp³-hybridized carbons (Fsp3) is 0.921. The molecule has 10 N–H and O–H groups in total. The van der Waals surface area contributed by atoms with Crippen LogP contribution in [0, 0.1) is 28.1 Å². The number of ether oxygens (including phenoxy) is 6. The molecule has 0 radical (unpaired) electrons. The van der Waals surface area contributed by atoms with Crippen LogP contribution in [0.5, 0.6) is 0 Å². The first-order valence-electron chi connectivity index (χ1n) is 19.7. The Bertz CT molecular complexity index is 1430. The average molecular weight is 789 g/mol. The van der Waals surface area contributed by atoms with Gasteiger partial charge in [-0.05, 0) is 93.5 Å². The van der Waals surface area contributed by atoms with Crippen LogP contribution >= 0.6 is 0 Å². The molecular formula is C38H60O17. The summed E-state index contributed by atoms with van der Waals surface area (Å²) in [4.78, 5) is 14.1. The Balaban J connectivity index is 1.10. The maximum atomic E-state index is 14.1. The van der Waals surface area contributed by atoms with Gasteiger partial charge < -0.3 is 79.5 Å². The summed E-state index contributed by atoms with van der Waals surface area (Å²) < 4.78 is 35.8. The molecule has 7 fully saturated rings. The van der Waals surface area contributed by atoms with Crippen molar-refractivity contribution >= 4 is 5.97 Å². The number of esters is 1. The van der Waals surface area contributed by atoms with Crippen LogP contribution in [0.3, 0.4) is 0 Å². The standard InChI is InChI=1S/C38H60O17/c1-16-12-37-10-6-20-35(3,8-5-9-36(20,4)34(49)54-32-29(48)26(45)23(42)18(13-39)51-32)21(37)7-11-38(16,15-37)55-33-30(27(46)24(43)19(14-40)52-33)53-31-28(47)25(44)22(41)17(2)50-31/h17-33,39-48H,1,5-15H2,2-4H3/t17-,18+,19+,20?,21-,22-,23+,24+,25+,26-,27-,28+,29+,30+,31-,32-,33-,35+,36?,37?,38-/m0/s1. The highest BCUT2D eigenvalue weighted by molar-refractivity contribution is 5.77. The first kappa shape index (κ1) is 41.8. The second-order valence-corrected chi connectivity index (χ2v) is 18.0. The number of rotatable bonds is 8. The van der Waals surface area contributed by atoms with Gasteiger partial charge in [0.05, 0.1) is 30.3 Å². The van der Waals surface area contributed by atoms with Crippen molar-refractivity contribution in [3.05, 3.63) is 12.2 Å². The van der Waals surface area contributed by atoms with Gasteiger partial charge in [-0.3, -0.25) is 4.79 Å². The van der Waals surface area contributed by atoms with Gasteiger partial charge in [-0.25, -0.2) is 0 Å². The zero-order valence-electron chi connectivity index (χ0n) is 31.6. The van der Waals surface area contributed by atoms with Gasteiger partial charge >= 0.3 is 5.97 Å². The van der Waals surface area contributed by atoms with E-state index in [0.29, 0.717) is 38.5 Å². The lowest BCUT2D eigenvalue weighted by Crippen LogP contribution is -2.65. The van der Waals surface area contributed by atoms with Gasteiger partial charge in [0.2, 0.25) is 6.29 Å². The number of hydrogen-bond acceptors (Lipinski definition) is 17. The lowest BCUT2D eigenvalue weighted by Gasteiger charge is -2.64. The third kappa shape index (κ3) is 6.63. The van der Waals surface area contributed by atoms with Crippen LogP contribution in [0.15, 0.2) is 12.2 Å². The van der Waals surface area contributed by atoms with Crippen LogP contribution in [0.2, 0.25) is 0 Å². The first-order valence-corrected chi connectivity index (χ1v) is 19.7. The summed E-state index contributed by atoms with van der Waals surface area (Å²) >= 11 is 0. The number of aliphatic hydroxyl groups excluding tert-OH is 10. The van der Waals surface area contributed by atoms with Crippen LogP contribution in [0.1, 0.15) is 78.6 Å². The minimum atomic E-state index is -1.70. The van der Waals surface area contributed by atoms with E-state index in [0.717, 1.165) is 24.8 Å². The van der Waals surface area contributed by atoms with Crippen molar-refractivity contribution in [1.82, 2.24) is 0 Å². The molecule has 3 aliphatic heterocycles. The molecule has 17 heteroatoms. The smallest absolute Gasteiger partial charge is 0.314 e. The zero-order valence-corrected chi connectivity index (χ0v) is 31.6. The van der Waals surface area contributed by atoms with Gasteiger partial charge in [0.15, 0.2) is 12.6 Å². The molecule has 4 aliphatic carbocycles. The Labute approximate surface area is 319 Å². The molecule has 21 atom stereocenters. The number of carbonyl (C=O) groups excluding carboxylic acids is 1. The minimum absolute atomic E-state index is 0.108. The fourth-order valence-corrected chi connectivity index (χ4v) is 12.0. The summed E-state index contributed by atoms with van der Waals surface area (Å²) in [5.41, 5.74) is -1.66. The second-order valence-electron chi connectivity index (χ2n) is 18.0. The van der Waals surface area contributed by atoms with Crippen molar-refractivity contribution in [2.45, 2.75) is 176 Å². The summed E-state index contributed by atoms with van der Waals surface area (Å²) in [7, 11) is 0. The topological polar surface area (TPSA) is 275 Å². The minimum Gasteiger partial charge on any atom is -0.432 e. The van der Waals surface area contributed by atoms with E-state index in [1.807, 2.05) is 6.92 Å². The van der Waals surface area contributed by atoms with Crippen LogP contribution in [-0.2, 0) is 33.2 Å². The maximum absolute atomic E-state index is 14.1. The Morgan fingerprint density at radius 2 is 1.33 bits per heavy atom. The quantitative estimate of drug-likeness (QED) is 0.0730. The van der Waals surface area contributed by atoms with E-state index in [9.17, 15) is 55.9 Å². The van der Waals surface area contributed by atoms with Crippen LogP contribution in [-0.4, -0.2) is 168 Å². The molecule has 17 nitrogen and oxygen atoms in total. The van der Waals surface area contributed by atoms with E-state index in [-0.39, 0.29) is 22.7 Å². The highest BCUT2D eigenvalue weighted by atomic mass is 16.8. The average Bonchev–Trinajstić information content (AvgIpc) is 3.35. The fourth-order valence-electron chi connectivity index (χ4n) is 12.0. The van der Waals surface area contributed by atoms with Crippen molar-refractivity contribution < 1.29 is 84.3 Å². The Hall–Kier alpha value is -1.39. The molecule has 4 saturated carbocycles. The van der Waals surface area contributed by atoms with E-state index < -0.39 is 122 Å². The molecule has 0 aromatic rings. The zero-order chi connectivity index (χ0) is 40.0. The molecule has 7 rings (SSSR count). The Morgan fingerprint density at radius 1 is 0.727 bits per heavy atom. The molecule has 0 amide bonds. The number of hydrogen-bond donors (Lipinski definition) is 10. The first-order chi connectivity index (χ1) is 25.9. The molecular weight excluding hydrogens is 728 g/mol. The third-order valence-corrected chi connectivity index (χ3v) is 14.9. The van der Waals surface area contributed by atoms with Gasteiger partial charge in [0.1, 0.15) is 67.1 Å². The van der Waals surface area contributed by atoms with Crippen molar-refractivity contribution in [2.24, 2.45) is 28.1 Å². The molecule has 2 bridgehead atoms. The van der Waals surface area contributed by atoms with Gasteiger partial charge in [0, 0.05) is 0 Å². The monoisotopic (exact) mass is 788 g/mol. The van der Waals surface area contributed by atoms with Gasteiger partial charge in [-0.1, -0.05) is 19.9 Å². The van der Waals surface area contributed by atoms with Crippen molar-refractivity contribution in [3.8, 4) is 0 Å². The largest absolute Gasteiger partial charge is 0.432 e. The molecule has 3 unspecified atom stereocenters. The summed E-state index contributed by atoms with van der Waals surface area (Å²) in [6.07, 6.45) is -16.2. The van der Waals surface area contributed by atoms with Crippen molar-refractivity contribution in [3.63, 3.8) is 0 Å². The lowest BCUT2D eigenvalue weighted by atomic mass is 9.41. The predicted molar refractivity (Wildman–Crippen MR) is 185 cm³/mol. The Morgan fingerprint density at radius 3 is 2.00 bits per heavy atom. The molecule has 1 spiro atoms. The molecule has 7 aliphatic rings. The molecule has 3 heterocycles. The maximum Gasteiger partial charge on any atom is 0.314 e. The van der Waals surface area contributed by atoms with Crippen LogP contribution < -0.4 is 0 Å². The lowest BCUT2D eigenvalue weighted by molar-refractivity contribution is -0.376. The van der Waals surface area contributed by atoms with Crippen LogP contribution in [0.25, 0.3) is 0 Å². The van der Waals surface area contributed by atoms with E-state index in [4.69, 9.17) is 28.4 Å². The third-order valence-electron chi connectivity index (χ3n) is 14.9. The summed E-state index contributed by atoms with van der Waals surface area (Å²) in [6, 6.07) is 0. The highest BCUT2D eigenvalue weighted by Gasteiger charge is 2.69. The van der Waals surface area contributed by atoms with E-state index in [1.54, 1.807) is 0 Å². The summed E-state index contributed by atoms with van der Waals surface area (Å²) in [5.74, 6) is -0.536. The Kier molecular flexibility index (Phi) is 11.4. The SMILES string of the molecule is C=C1CC23CCC4C(C)(C(=O)O[C@@H]5O[C@H](CO)[C@@H](O)[C@H](O)[C@H]5O)CCC[C@@]4(C)[C@@H]2CC[C@]1(O[C@@H]1O[C@H](CO)[C@@H](O)[C@H](O)[C@H]1O[C@@H]1O[C@@H](C)[C@H](O)[C@@H](O)[C@H]1O)C3. The van der Waals surface area contributed by atoms with E-state index >= 15 is 0 Å². The second kappa shape index (κ2) is 15.0.